The molecule has 0 unspecified atom stereocenters. The molecule has 2 heterocycles. The maximum atomic E-state index is 12.2. The molecule has 1 aliphatic rings. The van der Waals surface area contributed by atoms with Crippen LogP contribution in [-0.2, 0) is 31.0 Å². The van der Waals surface area contributed by atoms with Gasteiger partial charge < -0.3 is 14.7 Å². The number of ether oxygens (including phenoxy) is 1. The van der Waals surface area contributed by atoms with E-state index in [1.165, 1.54) is 0 Å². The molecule has 0 bridgehead atoms. The van der Waals surface area contributed by atoms with Crippen molar-refractivity contribution in [3.63, 3.8) is 0 Å². The average Bonchev–Trinajstić information content (AvgIpc) is 2.84. The second-order valence-electron chi connectivity index (χ2n) is 5.32. The number of fused-ring (bicyclic) bond motifs is 1. The second-order valence-corrected chi connectivity index (χ2v) is 5.32. The summed E-state index contributed by atoms with van der Waals surface area (Å²) in [5.41, 5.74) is 2.53. The molecule has 6 nitrogen and oxygen atoms in total. The first-order valence-electron chi connectivity index (χ1n) is 7.38. The number of carbonyl (C=O) groups excluding carboxylic acids is 1. The van der Waals surface area contributed by atoms with Gasteiger partial charge in [-0.25, -0.2) is 4.79 Å². The van der Waals surface area contributed by atoms with Gasteiger partial charge in [0.05, 0.1) is 24.5 Å². The van der Waals surface area contributed by atoms with Crippen molar-refractivity contribution in [2.24, 2.45) is 0 Å². The standard InChI is InChI=1S/C16H19N3O3/c20-11-14-9-15-10-18(7-4-8-19(15)17-14)16(21)22-12-13-5-2-1-3-6-13/h1-3,5-6,9,20H,4,7-8,10-12H2. The number of aryl methyl sites for hydroxylation is 1. The van der Waals surface area contributed by atoms with Gasteiger partial charge in [-0.2, -0.15) is 5.10 Å². The summed E-state index contributed by atoms with van der Waals surface area (Å²) in [6.07, 6.45) is 0.504. The fraction of sp³-hybridized carbons (Fsp3) is 0.375. The highest BCUT2D eigenvalue weighted by atomic mass is 16.6. The summed E-state index contributed by atoms with van der Waals surface area (Å²) in [6, 6.07) is 11.5. The lowest BCUT2D eigenvalue weighted by atomic mass is 10.2. The van der Waals surface area contributed by atoms with Crippen molar-refractivity contribution in [3.05, 3.63) is 53.3 Å². The molecule has 1 aromatic carbocycles. The van der Waals surface area contributed by atoms with Crippen LogP contribution in [0.2, 0.25) is 0 Å². The van der Waals surface area contributed by atoms with Crippen molar-refractivity contribution in [2.75, 3.05) is 6.54 Å². The molecular formula is C16H19N3O3. The van der Waals surface area contributed by atoms with Crippen molar-refractivity contribution in [2.45, 2.75) is 32.7 Å². The molecule has 0 saturated carbocycles. The lowest BCUT2D eigenvalue weighted by Gasteiger charge is -2.19. The molecule has 0 atom stereocenters. The molecule has 0 aliphatic carbocycles. The maximum absolute atomic E-state index is 12.2. The summed E-state index contributed by atoms with van der Waals surface area (Å²) in [4.78, 5) is 13.9. The Bertz CT molecular complexity index is 639. The number of rotatable bonds is 3. The first-order valence-corrected chi connectivity index (χ1v) is 7.38. The normalized spacial score (nSPS) is 14.3. The third-order valence-corrected chi connectivity index (χ3v) is 3.69. The number of hydrogen-bond acceptors (Lipinski definition) is 4. The fourth-order valence-corrected chi connectivity index (χ4v) is 2.57. The molecule has 3 rings (SSSR count). The van der Waals surface area contributed by atoms with Gasteiger partial charge in [0.1, 0.15) is 6.61 Å². The highest BCUT2D eigenvalue weighted by Gasteiger charge is 2.21. The van der Waals surface area contributed by atoms with Crippen LogP contribution < -0.4 is 0 Å². The third kappa shape index (κ3) is 3.28. The van der Waals surface area contributed by atoms with E-state index < -0.39 is 0 Å². The van der Waals surface area contributed by atoms with E-state index >= 15 is 0 Å². The van der Waals surface area contributed by atoms with Crippen LogP contribution in [-0.4, -0.2) is 32.4 Å². The van der Waals surface area contributed by atoms with Crippen LogP contribution in [0.15, 0.2) is 36.4 Å². The minimum absolute atomic E-state index is 0.0849. The second kappa shape index (κ2) is 6.62. The van der Waals surface area contributed by atoms with Gasteiger partial charge in [0.2, 0.25) is 0 Å². The minimum Gasteiger partial charge on any atom is -0.445 e. The van der Waals surface area contributed by atoms with E-state index in [0.717, 1.165) is 24.2 Å². The van der Waals surface area contributed by atoms with Crippen molar-refractivity contribution in [3.8, 4) is 0 Å². The zero-order chi connectivity index (χ0) is 15.4. The molecule has 6 heteroatoms. The quantitative estimate of drug-likeness (QED) is 0.940. The predicted molar refractivity (Wildman–Crippen MR) is 79.8 cm³/mol. The van der Waals surface area contributed by atoms with Gasteiger partial charge in [-0.05, 0) is 18.1 Å². The Labute approximate surface area is 128 Å². The molecule has 0 saturated heterocycles. The van der Waals surface area contributed by atoms with Gasteiger partial charge in [-0.1, -0.05) is 30.3 Å². The summed E-state index contributed by atoms with van der Waals surface area (Å²) in [6.45, 7) is 2.04. The number of benzene rings is 1. The lowest BCUT2D eigenvalue weighted by molar-refractivity contribution is 0.0942. The molecule has 116 valence electrons. The number of nitrogens with zero attached hydrogens (tertiary/aromatic N) is 3. The number of aliphatic hydroxyl groups excluding tert-OH is 1. The van der Waals surface area contributed by atoms with Gasteiger partial charge in [0.25, 0.3) is 0 Å². The SMILES string of the molecule is O=C(OCc1ccccc1)N1CCCn2nc(CO)cc2C1. The Hall–Kier alpha value is -2.34. The van der Waals surface area contributed by atoms with Crippen LogP contribution in [0.4, 0.5) is 4.79 Å². The summed E-state index contributed by atoms with van der Waals surface area (Å²) >= 11 is 0. The Kier molecular flexibility index (Phi) is 4.39. The molecule has 1 amide bonds. The molecule has 2 aromatic rings. The summed E-state index contributed by atoms with van der Waals surface area (Å²) in [5, 5.41) is 13.5. The zero-order valence-electron chi connectivity index (χ0n) is 12.3. The van der Waals surface area contributed by atoms with E-state index in [4.69, 9.17) is 9.84 Å². The first kappa shape index (κ1) is 14.6. The highest BCUT2D eigenvalue weighted by Crippen LogP contribution is 2.15. The third-order valence-electron chi connectivity index (χ3n) is 3.69. The van der Waals surface area contributed by atoms with Crippen molar-refractivity contribution < 1.29 is 14.6 Å². The monoisotopic (exact) mass is 301 g/mol. The van der Waals surface area contributed by atoms with Crippen molar-refractivity contribution in [1.29, 1.82) is 0 Å². The van der Waals surface area contributed by atoms with Crippen LogP contribution >= 0.6 is 0 Å². The number of aliphatic hydroxyl groups is 1. The van der Waals surface area contributed by atoms with Crippen LogP contribution in [0, 0.1) is 0 Å². The molecule has 0 radical (unpaired) electrons. The van der Waals surface area contributed by atoms with Crippen LogP contribution in [0.3, 0.4) is 0 Å². The summed E-state index contributed by atoms with van der Waals surface area (Å²) in [7, 11) is 0. The topological polar surface area (TPSA) is 67.6 Å². The Balaban J connectivity index is 1.62. The molecule has 0 spiro atoms. The highest BCUT2D eigenvalue weighted by molar-refractivity contribution is 5.67. The number of amides is 1. The van der Waals surface area contributed by atoms with E-state index in [1.807, 2.05) is 41.1 Å². The molecule has 1 aromatic heterocycles. The van der Waals surface area contributed by atoms with Gasteiger partial charge in [0, 0.05) is 13.1 Å². The Morgan fingerprint density at radius 2 is 2.09 bits per heavy atom. The van der Waals surface area contributed by atoms with Gasteiger partial charge in [0.15, 0.2) is 0 Å². The van der Waals surface area contributed by atoms with Gasteiger partial charge >= 0.3 is 6.09 Å². The van der Waals surface area contributed by atoms with Crippen molar-refractivity contribution in [1.82, 2.24) is 14.7 Å². The molecular weight excluding hydrogens is 282 g/mol. The summed E-state index contributed by atoms with van der Waals surface area (Å²) < 4.78 is 7.24. The van der Waals surface area contributed by atoms with Crippen LogP contribution in [0.25, 0.3) is 0 Å². The van der Waals surface area contributed by atoms with Gasteiger partial charge in [-0.15, -0.1) is 0 Å². The predicted octanol–water partition coefficient (Wildman–Crippen LogP) is 1.92. The van der Waals surface area contributed by atoms with E-state index in [1.54, 1.807) is 4.90 Å². The first-order chi connectivity index (χ1) is 10.8. The Morgan fingerprint density at radius 1 is 1.27 bits per heavy atom. The zero-order valence-corrected chi connectivity index (χ0v) is 12.3. The molecule has 1 aliphatic heterocycles. The number of carbonyl (C=O) groups is 1. The number of aromatic nitrogens is 2. The van der Waals surface area contributed by atoms with E-state index in [2.05, 4.69) is 5.10 Å². The van der Waals surface area contributed by atoms with E-state index in [0.29, 0.717) is 18.8 Å². The number of hydrogen-bond donors (Lipinski definition) is 1. The molecule has 1 N–H and O–H groups in total. The summed E-state index contributed by atoms with van der Waals surface area (Å²) in [5.74, 6) is 0. The van der Waals surface area contributed by atoms with E-state index in [-0.39, 0.29) is 19.3 Å². The fourth-order valence-electron chi connectivity index (χ4n) is 2.57. The van der Waals surface area contributed by atoms with E-state index in [9.17, 15) is 4.79 Å². The minimum atomic E-state index is -0.316. The van der Waals surface area contributed by atoms with Crippen molar-refractivity contribution >= 4 is 6.09 Å². The maximum Gasteiger partial charge on any atom is 0.410 e. The smallest absolute Gasteiger partial charge is 0.410 e. The Morgan fingerprint density at radius 3 is 2.86 bits per heavy atom. The largest absolute Gasteiger partial charge is 0.445 e. The van der Waals surface area contributed by atoms with Crippen LogP contribution in [0.1, 0.15) is 23.4 Å². The van der Waals surface area contributed by atoms with Crippen LogP contribution in [0.5, 0.6) is 0 Å². The lowest BCUT2D eigenvalue weighted by Crippen LogP contribution is -2.31. The molecule has 22 heavy (non-hydrogen) atoms. The van der Waals surface area contributed by atoms with Gasteiger partial charge in [-0.3, -0.25) is 4.68 Å². The average molecular weight is 301 g/mol. The molecule has 0 fully saturated rings.